The van der Waals surface area contributed by atoms with Gasteiger partial charge in [-0.05, 0) is 18.4 Å². The highest BCUT2D eigenvalue weighted by Gasteiger charge is 2.52. The third-order valence-electron chi connectivity index (χ3n) is 5.02. The Hall–Kier alpha value is -3.02. The minimum atomic E-state index is -1.25. The molecular formula is C25H34O11. The van der Waals surface area contributed by atoms with Crippen LogP contribution in [-0.4, -0.2) is 74.4 Å². The van der Waals surface area contributed by atoms with E-state index in [4.69, 9.17) is 33.2 Å². The van der Waals surface area contributed by atoms with Gasteiger partial charge in [0.1, 0.15) is 12.7 Å². The zero-order chi connectivity index (χ0) is 26.5. The van der Waals surface area contributed by atoms with Crippen molar-refractivity contribution in [1.29, 1.82) is 0 Å². The molecule has 3 unspecified atom stereocenters. The third kappa shape index (κ3) is 10.3. The van der Waals surface area contributed by atoms with Gasteiger partial charge in [-0.25, -0.2) is 0 Å². The van der Waals surface area contributed by atoms with Crippen LogP contribution in [-0.2, 0) is 58.9 Å². The van der Waals surface area contributed by atoms with Crippen molar-refractivity contribution in [2.24, 2.45) is 0 Å². The van der Waals surface area contributed by atoms with E-state index in [2.05, 4.69) is 0 Å². The summed E-state index contributed by atoms with van der Waals surface area (Å²) in [6, 6.07) is 9.79. The van der Waals surface area contributed by atoms with E-state index in [9.17, 15) is 19.2 Å². The zero-order valence-corrected chi connectivity index (χ0v) is 21.0. The molecule has 1 aliphatic heterocycles. The molecule has 0 bridgehead atoms. The van der Waals surface area contributed by atoms with Crippen LogP contribution in [0.2, 0.25) is 0 Å². The van der Waals surface area contributed by atoms with Crippen LogP contribution in [0.15, 0.2) is 30.3 Å². The van der Waals surface area contributed by atoms with Crippen LogP contribution < -0.4 is 0 Å². The number of carbonyl (C=O) groups is 4. The van der Waals surface area contributed by atoms with E-state index in [1.807, 2.05) is 30.3 Å². The van der Waals surface area contributed by atoms with Gasteiger partial charge in [0, 0.05) is 40.9 Å². The normalized spacial score (nSPS) is 23.4. The minimum absolute atomic E-state index is 0.211. The van der Waals surface area contributed by atoms with Gasteiger partial charge in [-0.2, -0.15) is 0 Å². The lowest BCUT2D eigenvalue weighted by Gasteiger charge is -2.44. The fraction of sp³-hybridized carbons (Fsp3) is 0.600. The third-order valence-corrected chi connectivity index (χ3v) is 5.02. The lowest BCUT2D eigenvalue weighted by Crippen LogP contribution is -2.63. The molecule has 1 aromatic carbocycles. The van der Waals surface area contributed by atoms with Crippen molar-refractivity contribution in [3.63, 3.8) is 0 Å². The first-order valence-electron chi connectivity index (χ1n) is 11.7. The van der Waals surface area contributed by atoms with E-state index in [-0.39, 0.29) is 13.2 Å². The number of carbonyl (C=O) groups excluding carboxylic acids is 4. The van der Waals surface area contributed by atoms with Crippen molar-refractivity contribution in [2.75, 3.05) is 19.8 Å². The summed E-state index contributed by atoms with van der Waals surface area (Å²) < 4.78 is 38.5. The molecule has 1 fully saturated rings. The first kappa shape index (κ1) is 29.2. The Kier molecular flexibility index (Phi) is 12.3. The molecule has 0 N–H and O–H groups in total. The van der Waals surface area contributed by atoms with Crippen molar-refractivity contribution < 1.29 is 52.3 Å². The summed E-state index contributed by atoms with van der Waals surface area (Å²) in [6.07, 6.45) is -4.59. The highest BCUT2D eigenvalue weighted by Crippen LogP contribution is 2.30. The van der Waals surface area contributed by atoms with E-state index >= 15 is 0 Å². The van der Waals surface area contributed by atoms with E-state index in [1.54, 1.807) is 0 Å². The number of hydrogen-bond acceptors (Lipinski definition) is 11. The van der Waals surface area contributed by atoms with Crippen LogP contribution in [0, 0.1) is 0 Å². The van der Waals surface area contributed by atoms with E-state index < -0.39 is 54.6 Å². The molecule has 200 valence electrons. The fourth-order valence-electron chi connectivity index (χ4n) is 3.59. The summed E-state index contributed by atoms with van der Waals surface area (Å²) in [7, 11) is 0. The quantitative estimate of drug-likeness (QED) is 0.219. The Bertz CT molecular complexity index is 857. The van der Waals surface area contributed by atoms with Gasteiger partial charge in [-0.15, -0.1) is 0 Å². The molecule has 0 aromatic heterocycles. The molecule has 1 saturated heterocycles. The van der Waals surface area contributed by atoms with Crippen molar-refractivity contribution in [3.8, 4) is 0 Å². The average Bonchev–Trinajstić information content (AvgIpc) is 2.80. The van der Waals surface area contributed by atoms with Crippen LogP contribution >= 0.6 is 0 Å². The van der Waals surface area contributed by atoms with Crippen molar-refractivity contribution in [3.05, 3.63) is 35.9 Å². The van der Waals surface area contributed by atoms with Crippen molar-refractivity contribution in [1.82, 2.24) is 0 Å². The summed E-state index contributed by atoms with van der Waals surface area (Å²) in [5.74, 6) is -2.65. The number of benzene rings is 1. The van der Waals surface area contributed by atoms with Gasteiger partial charge in [0.15, 0.2) is 24.6 Å². The highest BCUT2D eigenvalue weighted by atomic mass is 16.7. The Balaban J connectivity index is 2.03. The van der Waals surface area contributed by atoms with E-state index in [1.165, 1.54) is 13.8 Å². The second-order valence-corrected chi connectivity index (χ2v) is 8.18. The van der Waals surface area contributed by atoms with Crippen LogP contribution in [0.1, 0.15) is 46.1 Å². The summed E-state index contributed by atoms with van der Waals surface area (Å²) in [4.78, 5) is 46.8. The largest absolute Gasteiger partial charge is 0.463 e. The first-order chi connectivity index (χ1) is 17.2. The summed E-state index contributed by atoms with van der Waals surface area (Å²) in [5.41, 5.74) is 1.08. The van der Waals surface area contributed by atoms with Crippen LogP contribution in [0.3, 0.4) is 0 Å². The van der Waals surface area contributed by atoms with Gasteiger partial charge in [-0.1, -0.05) is 30.3 Å². The standard InChI is InChI=1S/C25H34O11/c1-16(26)32-15-21-22(33-17(2)27)23(34-18(3)28)24(35-19(4)29)25(36-21)31-13-9-8-12-30-14-20-10-6-5-7-11-20/h5-7,10-11,21-25H,8-9,12-15H2,1-4H3/t21?,22-,23?,24?,25-/m1/s1. The molecule has 11 heteroatoms. The van der Waals surface area contributed by atoms with Gasteiger partial charge < -0.3 is 33.2 Å². The Morgan fingerprint density at radius 1 is 0.750 bits per heavy atom. The van der Waals surface area contributed by atoms with Gasteiger partial charge in [0.05, 0.1) is 6.61 Å². The number of rotatable bonds is 13. The van der Waals surface area contributed by atoms with Gasteiger partial charge in [0.2, 0.25) is 0 Å². The SMILES string of the molecule is CC(=O)OCC1O[C@@H](OCCCCOCc2ccccc2)C(OC(C)=O)C(OC(C)=O)[C@@H]1OC(C)=O. The van der Waals surface area contributed by atoms with Crippen LogP contribution in [0.5, 0.6) is 0 Å². The monoisotopic (exact) mass is 510 g/mol. The maximum absolute atomic E-state index is 11.8. The number of hydrogen-bond donors (Lipinski definition) is 0. The zero-order valence-electron chi connectivity index (χ0n) is 21.0. The summed E-state index contributed by atoms with van der Waals surface area (Å²) in [6.45, 7) is 5.64. The maximum atomic E-state index is 11.8. The highest BCUT2D eigenvalue weighted by molar-refractivity contribution is 5.68. The lowest BCUT2D eigenvalue weighted by molar-refractivity contribution is -0.308. The molecule has 2 rings (SSSR count). The molecular weight excluding hydrogens is 476 g/mol. The first-order valence-corrected chi connectivity index (χ1v) is 11.7. The van der Waals surface area contributed by atoms with Crippen molar-refractivity contribution >= 4 is 23.9 Å². The molecule has 0 spiro atoms. The minimum Gasteiger partial charge on any atom is -0.463 e. The topological polar surface area (TPSA) is 133 Å². The predicted molar refractivity (Wildman–Crippen MR) is 123 cm³/mol. The van der Waals surface area contributed by atoms with Crippen LogP contribution in [0.25, 0.3) is 0 Å². The predicted octanol–water partition coefficient (Wildman–Crippen LogP) is 2.08. The fourth-order valence-corrected chi connectivity index (χ4v) is 3.59. The van der Waals surface area contributed by atoms with Crippen LogP contribution in [0.4, 0.5) is 0 Å². The van der Waals surface area contributed by atoms with Gasteiger partial charge >= 0.3 is 23.9 Å². The molecule has 1 heterocycles. The Morgan fingerprint density at radius 2 is 1.33 bits per heavy atom. The molecule has 36 heavy (non-hydrogen) atoms. The molecule has 1 aromatic rings. The Labute approximate surface area is 210 Å². The molecule has 0 radical (unpaired) electrons. The van der Waals surface area contributed by atoms with Crippen molar-refractivity contribution in [2.45, 2.75) is 77.8 Å². The number of unbranched alkanes of at least 4 members (excludes halogenated alkanes) is 1. The molecule has 0 saturated carbocycles. The van der Waals surface area contributed by atoms with E-state index in [0.717, 1.165) is 19.4 Å². The summed E-state index contributed by atoms with van der Waals surface area (Å²) >= 11 is 0. The molecule has 11 nitrogen and oxygen atoms in total. The summed E-state index contributed by atoms with van der Waals surface area (Å²) in [5, 5.41) is 0. The second-order valence-electron chi connectivity index (χ2n) is 8.18. The molecule has 0 aliphatic carbocycles. The van der Waals surface area contributed by atoms with Gasteiger partial charge in [0.25, 0.3) is 0 Å². The average molecular weight is 511 g/mol. The van der Waals surface area contributed by atoms with E-state index in [0.29, 0.717) is 26.1 Å². The molecule has 0 amide bonds. The smallest absolute Gasteiger partial charge is 0.303 e. The number of ether oxygens (including phenoxy) is 7. The lowest BCUT2D eigenvalue weighted by atomic mass is 9.98. The Morgan fingerprint density at radius 3 is 1.94 bits per heavy atom. The second kappa shape index (κ2) is 15.2. The van der Waals surface area contributed by atoms with Gasteiger partial charge in [-0.3, -0.25) is 19.2 Å². The maximum Gasteiger partial charge on any atom is 0.303 e. The molecule has 5 atom stereocenters. The number of esters is 4. The molecule has 1 aliphatic rings.